The average molecular weight is 362 g/mol. The predicted molar refractivity (Wildman–Crippen MR) is 103 cm³/mol. The van der Waals surface area contributed by atoms with E-state index in [1.165, 1.54) is 31.7 Å². The van der Waals surface area contributed by atoms with Crippen LogP contribution in [0.4, 0.5) is 0 Å². The molecule has 5 rings (SSSR count). The molecule has 138 valence electrons. The van der Waals surface area contributed by atoms with Gasteiger partial charge in [-0.05, 0) is 53.9 Å². The largest absolute Gasteiger partial charge is 0.461 e. The summed E-state index contributed by atoms with van der Waals surface area (Å²) in [6.45, 7) is 0.107. The smallest absolute Gasteiger partial charge is 0.336 e. The fourth-order valence-electron chi connectivity index (χ4n) is 5.19. The van der Waals surface area contributed by atoms with Crippen LogP contribution in [0, 0.1) is 17.8 Å². The Labute approximate surface area is 157 Å². The maximum atomic E-state index is 12.4. The first kappa shape index (κ1) is 16.5. The molecule has 2 fully saturated rings. The number of carbonyl (C=O) groups is 1. The molecule has 27 heavy (non-hydrogen) atoms. The van der Waals surface area contributed by atoms with E-state index in [9.17, 15) is 9.59 Å². The minimum Gasteiger partial charge on any atom is -0.461 e. The Bertz CT molecular complexity index is 1080. The Morgan fingerprint density at radius 2 is 2.00 bits per heavy atom. The van der Waals surface area contributed by atoms with Crippen LogP contribution in [0.15, 0.2) is 51.7 Å². The Kier molecular flexibility index (Phi) is 4.00. The Hall–Kier alpha value is -2.62. The van der Waals surface area contributed by atoms with Crippen LogP contribution in [-0.4, -0.2) is 5.97 Å². The van der Waals surface area contributed by atoms with Crippen LogP contribution in [0.3, 0.4) is 0 Å². The van der Waals surface area contributed by atoms with Crippen LogP contribution in [0.1, 0.15) is 37.7 Å². The van der Waals surface area contributed by atoms with Gasteiger partial charge in [-0.15, -0.1) is 0 Å². The van der Waals surface area contributed by atoms with E-state index in [-0.39, 0.29) is 12.6 Å². The SMILES string of the molecule is O=C(C[C@@H]1C[C@H]2CC[C@H]1C2)OCc1cc(=O)oc2ccc3ccccc3c12. The first-order valence-corrected chi connectivity index (χ1v) is 9.77. The van der Waals surface area contributed by atoms with E-state index in [0.29, 0.717) is 29.4 Å². The second-order valence-corrected chi connectivity index (χ2v) is 8.05. The van der Waals surface area contributed by atoms with Gasteiger partial charge in [0, 0.05) is 23.4 Å². The van der Waals surface area contributed by atoms with Crippen molar-refractivity contribution in [3.8, 4) is 0 Å². The van der Waals surface area contributed by atoms with Crippen molar-refractivity contribution in [2.75, 3.05) is 0 Å². The standard InChI is InChI=1S/C23H22O4/c24-21(11-17-10-14-5-6-16(17)9-14)26-13-18-12-22(25)27-20-8-7-15-3-1-2-4-19(15)23(18)20/h1-4,7-8,12,14,16-17H,5-6,9-11,13H2/t14-,16-,17-/m0/s1. The fourth-order valence-corrected chi connectivity index (χ4v) is 5.19. The lowest BCUT2D eigenvalue weighted by molar-refractivity contribution is -0.146. The van der Waals surface area contributed by atoms with Crippen molar-refractivity contribution in [1.29, 1.82) is 0 Å². The number of benzene rings is 2. The van der Waals surface area contributed by atoms with E-state index in [0.717, 1.165) is 22.1 Å². The first-order valence-electron chi connectivity index (χ1n) is 9.77. The number of hydrogen-bond acceptors (Lipinski definition) is 4. The van der Waals surface area contributed by atoms with E-state index < -0.39 is 5.63 Å². The zero-order valence-electron chi connectivity index (χ0n) is 15.1. The highest BCUT2D eigenvalue weighted by atomic mass is 16.5. The lowest BCUT2D eigenvalue weighted by Gasteiger charge is -2.20. The third kappa shape index (κ3) is 3.03. The van der Waals surface area contributed by atoms with Crippen LogP contribution in [0.5, 0.6) is 0 Å². The summed E-state index contributed by atoms with van der Waals surface area (Å²) in [7, 11) is 0. The van der Waals surface area contributed by atoms with E-state index in [1.807, 2.05) is 30.3 Å². The molecule has 2 aromatic carbocycles. The summed E-state index contributed by atoms with van der Waals surface area (Å²) < 4.78 is 11.0. The van der Waals surface area contributed by atoms with Crippen molar-refractivity contribution < 1.29 is 13.9 Å². The van der Waals surface area contributed by atoms with Crippen molar-refractivity contribution in [1.82, 2.24) is 0 Å². The average Bonchev–Trinajstić information content (AvgIpc) is 3.28. The lowest BCUT2D eigenvalue weighted by atomic mass is 9.86. The molecule has 4 nitrogen and oxygen atoms in total. The van der Waals surface area contributed by atoms with Gasteiger partial charge in [0.1, 0.15) is 12.2 Å². The summed E-state index contributed by atoms with van der Waals surface area (Å²) >= 11 is 0. The second kappa shape index (κ2) is 6.52. The zero-order valence-corrected chi connectivity index (χ0v) is 15.1. The lowest BCUT2D eigenvalue weighted by Crippen LogP contribution is -2.17. The molecule has 0 radical (unpaired) electrons. The van der Waals surface area contributed by atoms with E-state index in [1.54, 1.807) is 6.07 Å². The molecule has 0 N–H and O–H groups in total. The Morgan fingerprint density at radius 3 is 2.81 bits per heavy atom. The topological polar surface area (TPSA) is 56.5 Å². The van der Waals surface area contributed by atoms with Crippen molar-refractivity contribution in [2.45, 2.75) is 38.7 Å². The molecule has 3 aromatic rings. The number of rotatable bonds is 4. The van der Waals surface area contributed by atoms with Gasteiger partial charge in [-0.25, -0.2) is 4.79 Å². The highest BCUT2D eigenvalue weighted by molar-refractivity contribution is 6.07. The molecule has 0 spiro atoms. The van der Waals surface area contributed by atoms with Gasteiger partial charge in [-0.3, -0.25) is 4.79 Å². The van der Waals surface area contributed by atoms with Crippen LogP contribution in [0.2, 0.25) is 0 Å². The third-order valence-corrected chi connectivity index (χ3v) is 6.42. The molecule has 2 aliphatic rings. The van der Waals surface area contributed by atoms with Crippen LogP contribution in [-0.2, 0) is 16.1 Å². The molecule has 3 atom stereocenters. The van der Waals surface area contributed by atoms with E-state index in [4.69, 9.17) is 9.15 Å². The molecule has 2 aliphatic carbocycles. The van der Waals surface area contributed by atoms with Gasteiger partial charge in [-0.1, -0.05) is 36.8 Å². The van der Waals surface area contributed by atoms with Gasteiger partial charge in [0.15, 0.2) is 0 Å². The molecule has 2 saturated carbocycles. The quantitative estimate of drug-likeness (QED) is 0.379. The molecule has 0 saturated heterocycles. The molecule has 4 heteroatoms. The van der Waals surface area contributed by atoms with Gasteiger partial charge in [0.05, 0.1) is 0 Å². The minimum atomic E-state index is -0.420. The summed E-state index contributed by atoms with van der Waals surface area (Å²) in [6, 6.07) is 13.1. The van der Waals surface area contributed by atoms with Crippen LogP contribution < -0.4 is 5.63 Å². The fraction of sp³-hybridized carbons (Fsp3) is 0.391. The highest BCUT2D eigenvalue weighted by Gasteiger charge is 2.40. The molecular weight excluding hydrogens is 340 g/mol. The molecule has 0 amide bonds. The van der Waals surface area contributed by atoms with Crippen molar-refractivity contribution in [2.24, 2.45) is 17.8 Å². The third-order valence-electron chi connectivity index (χ3n) is 6.42. The zero-order chi connectivity index (χ0) is 18.4. The van der Waals surface area contributed by atoms with Gasteiger partial charge < -0.3 is 9.15 Å². The molecular formula is C23H22O4. The van der Waals surface area contributed by atoms with Crippen LogP contribution in [0.25, 0.3) is 21.7 Å². The number of hydrogen-bond donors (Lipinski definition) is 0. The number of ether oxygens (including phenoxy) is 1. The predicted octanol–water partition coefficient (Wildman–Crippen LogP) is 4.82. The number of carbonyl (C=O) groups excluding carboxylic acids is 1. The van der Waals surface area contributed by atoms with E-state index >= 15 is 0 Å². The van der Waals surface area contributed by atoms with Crippen molar-refractivity contribution >= 4 is 27.7 Å². The summed E-state index contributed by atoms with van der Waals surface area (Å²) in [4.78, 5) is 24.4. The van der Waals surface area contributed by atoms with Gasteiger partial charge in [0.25, 0.3) is 0 Å². The van der Waals surface area contributed by atoms with Gasteiger partial charge in [-0.2, -0.15) is 0 Å². The molecule has 0 unspecified atom stereocenters. The molecule has 1 heterocycles. The van der Waals surface area contributed by atoms with Crippen molar-refractivity contribution in [3.05, 3.63) is 58.4 Å². The number of fused-ring (bicyclic) bond motifs is 5. The summed E-state index contributed by atoms with van der Waals surface area (Å²) in [5, 5.41) is 2.91. The normalized spacial score (nSPS) is 23.9. The van der Waals surface area contributed by atoms with Gasteiger partial charge >= 0.3 is 11.6 Å². The maximum Gasteiger partial charge on any atom is 0.336 e. The van der Waals surface area contributed by atoms with E-state index in [2.05, 4.69) is 0 Å². The molecule has 0 aliphatic heterocycles. The summed E-state index contributed by atoms with van der Waals surface area (Å²) in [5.41, 5.74) is 0.816. The second-order valence-electron chi connectivity index (χ2n) is 8.05. The van der Waals surface area contributed by atoms with Gasteiger partial charge in [0.2, 0.25) is 0 Å². The number of esters is 1. The van der Waals surface area contributed by atoms with Crippen molar-refractivity contribution in [3.63, 3.8) is 0 Å². The summed E-state index contributed by atoms with van der Waals surface area (Å²) in [6.07, 6.45) is 5.55. The molecule has 2 bridgehead atoms. The highest BCUT2D eigenvalue weighted by Crippen LogP contribution is 2.49. The Balaban J connectivity index is 1.40. The Morgan fingerprint density at radius 1 is 1.11 bits per heavy atom. The first-order chi connectivity index (χ1) is 13.2. The van der Waals surface area contributed by atoms with Crippen LogP contribution >= 0.6 is 0 Å². The summed E-state index contributed by atoms with van der Waals surface area (Å²) in [5.74, 6) is 1.85. The minimum absolute atomic E-state index is 0.107. The molecule has 1 aromatic heterocycles. The monoisotopic (exact) mass is 362 g/mol. The maximum absolute atomic E-state index is 12.4.